The molecule has 20 heavy (non-hydrogen) atoms. The molecule has 0 aliphatic carbocycles. The standard InChI is InChI=1S/C15H13BrF3N/c1-9(6-10-4-2-3-5-12(10)17)20-15-7-11(16)13(18)8-14(15)19/h2-5,7-9,20H,6H2,1H3. The molecule has 0 aliphatic heterocycles. The van der Waals surface area contributed by atoms with Crippen molar-refractivity contribution in [3.63, 3.8) is 0 Å². The fourth-order valence-corrected chi connectivity index (χ4v) is 2.29. The van der Waals surface area contributed by atoms with Gasteiger partial charge in [-0.1, -0.05) is 18.2 Å². The molecule has 0 aromatic heterocycles. The van der Waals surface area contributed by atoms with Gasteiger partial charge in [-0.3, -0.25) is 0 Å². The van der Waals surface area contributed by atoms with E-state index in [0.29, 0.717) is 12.0 Å². The average molecular weight is 344 g/mol. The highest BCUT2D eigenvalue weighted by atomic mass is 79.9. The van der Waals surface area contributed by atoms with Gasteiger partial charge in [0.05, 0.1) is 10.2 Å². The second-order valence-corrected chi connectivity index (χ2v) is 5.44. The van der Waals surface area contributed by atoms with Gasteiger partial charge in [0.2, 0.25) is 0 Å². The van der Waals surface area contributed by atoms with Gasteiger partial charge in [0.25, 0.3) is 0 Å². The van der Waals surface area contributed by atoms with Crippen LogP contribution in [-0.4, -0.2) is 6.04 Å². The number of hydrogen-bond donors (Lipinski definition) is 1. The molecule has 0 amide bonds. The minimum absolute atomic E-state index is 0.180. The van der Waals surface area contributed by atoms with Crippen LogP contribution in [0.2, 0.25) is 0 Å². The smallest absolute Gasteiger partial charge is 0.149 e. The van der Waals surface area contributed by atoms with Crippen molar-refractivity contribution in [1.29, 1.82) is 0 Å². The molecular formula is C15H13BrF3N. The second kappa shape index (κ2) is 6.31. The van der Waals surface area contributed by atoms with Gasteiger partial charge < -0.3 is 5.32 Å². The Morgan fingerprint density at radius 3 is 2.45 bits per heavy atom. The number of nitrogens with one attached hydrogen (secondary N) is 1. The Balaban J connectivity index is 2.11. The maximum atomic E-state index is 13.6. The van der Waals surface area contributed by atoms with E-state index in [1.54, 1.807) is 18.2 Å². The van der Waals surface area contributed by atoms with Crippen molar-refractivity contribution in [1.82, 2.24) is 0 Å². The molecule has 0 radical (unpaired) electrons. The fraction of sp³-hybridized carbons (Fsp3) is 0.200. The van der Waals surface area contributed by atoms with Crippen LogP contribution in [-0.2, 0) is 6.42 Å². The molecule has 1 atom stereocenters. The predicted octanol–water partition coefficient (Wildman–Crippen LogP) is 4.91. The van der Waals surface area contributed by atoms with Crippen LogP contribution in [0.5, 0.6) is 0 Å². The number of hydrogen-bond acceptors (Lipinski definition) is 1. The summed E-state index contributed by atoms with van der Waals surface area (Å²) in [7, 11) is 0. The fourth-order valence-electron chi connectivity index (χ4n) is 1.94. The Labute approximate surface area is 123 Å². The largest absolute Gasteiger partial charge is 0.380 e. The van der Waals surface area contributed by atoms with Gasteiger partial charge in [0.1, 0.15) is 17.5 Å². The third-order valence-electron chi connectivity index (χ3n) is 2.90. The van der Waals surface area contributed by atoms with Gasteiger partial charge in [0.15, 0.2) is 0 Å². The first-order valence-electron chi connectivity index (χ1n) is 6.12. The zero-order chi connectivity index (χ0) is 14.7. The molecule has 2 aromatic rings. The van der Waals surface area contributed by atoms with Crippen molar-refractivity contribution in [2.45, 2.75) is 19.4 Å². The highest BCUT2D eigenvalue weighted by Crippen LogP contribution is 2.24. The molecule has 1 unspecified atom stereocenters. The second-order valence-electron chi connectivity index (χ2n) is 4.59. The summed E-state index contributed by atoms with van der Waals surface area (Å²) in [6.45, 7) is 1.81. The summed E-state index contributed by atoms with van der Waals surface area (Å²) in [6, 6.07) is 8.39. The van der Waals surface area contributed by atoms with Crippen molar-refractivity contribution in [2.24, 2.45) is 0 Å². The number of benzene rings is 2. The first-order chi connectivity index (χ1) is 9.47. The van der Waals surface area contributed by atoms with Crippen LogP contribution in [0.15, 0.2) is 40.9 Å². The zero-order valence-electron chi connectivity index (χ0n) is 10.8. The molecule has 0 spiro atoms. The summed E-state index contributed by atoms with van der Waals surface area (Å²) < 4.78 is 40.5. The summed E-state index contributed by atoms with van der Waals surface area (Å²) in [5.74, 6) is -1.62. The molecule has 1 nitrogen and oxygen atoms in total. The van der Waals surface area contributed by atoms with Gasteiger partial charge >= 0.3 is 0 Å². The van der Waals surface area contributed by atoms with E-state index >= 15 is 0 Å². The van der Waals surface area contributed by atoms with Crippen molar-refractivity contribution in [3.05, 3.63) is 63.9 Å². The summed E-state index contributed by atoms with van der Waals surface area (Å²) in [5, 5.41) is 2.92. The molecule has 0 saturated carbocycles. The van der Waals surface area contributed by atoms with Gasteiger partial charge in [-0.05, 0) is 47.0 Å². The molecule has 1 N–H and O–H groups in total. The molecular weight excluding hydrogens is 331 g/mol. The quantitative estimate of drug-likeness (QED) is 0.777. The van der Waals surface area contributed by atoms with E-state index in [-0.39, 0.29) is 22.0 Å². The first-order valence-corrected chi connectivity index (χ1v) is 6.91. The topological polar surface area (TPSA) is 12.0 Å². The lowest BCUT2D eigenvalue weighted by molar-refractivity contribution is 0.577. The Morgan fingerprint density at radius 2 is 1.75 bits per heavy atom. The van der Waals surface area contributed by atoms with Crippen LogP contribution in [0.4, 0.5) is 18.9 Å². The summed E-state index contributed by atoms with van der Waals surface area (Å²) >= 11 is 3.01. The van der Waals surface area contributed by atoms with Crippen molar-refractivity contribution < 1.29 is 13.2 Å². The van der Waals surface area contributed by atoms with Crippen LogP contribution in [0.3, 0.4) is 0 Å². The Hall–Kier alpha value is -1.49. The molecule has 0 fully saturated rings. The van der Waals surface area contributed by atoms with E-state index in [0.717, 1.165) is 6.07 Å². The maximum Gasteiger partial charge on any atom is 0.149 e. The summed E-state index contributed by atoms with van der Waals surface area (Å²) in [5.41, 5.74) is 0.733. The molecule has 2 rings (SSSR count). The van der Waals surface area contributed by atoms with Gasteiger partial charge in [0, 0.05) is 12.1 Å². The van der Waals surface area contributed by atoms with E-state index in [4.69, 9.17) is 0 Å². The predicted molar refractivity (Wildman–Crippen MR) is 77.2 cm³/mol. The molecule has 0 saturated heterocycles. The van der Waals surface area contributed by atoms with E-state index in [2.05, 4.69) is 21.2 Å². The molecule has 106 valence electrons. The third kappa shape index (κ3) is 3.54. The number of anilines is 1. The normalized spacial score (nSPS) is 12.2. The zero-order valence-corrected chi connectivity index (χ0v) is 12.3. The van der Waals surface area contributed by atoms with Crippen molar-refractivity contribution in [2.75, 3.05) is 5.32 Å². The van der Waals surface area contributed by atoms with Gasteiger partial charge in [-0.25, -0.2) is 13.2 Å². The molecule has 5 heteroatoms. The van der Waals surface area contributed by atoms with E-state index in [1.165, 1.54) is 12.1 Å². The highest BCUT2D eigenvalue weighted by molar-refractivity contribution is 9.10. The van der Waals surface area contributed by atoms with E-state index in [9.17, 15) is 13.2 Å². The van der Waals surface area contributed by atoms with E-state index in [1.807, 2.05) is 6.92 Å². The third-order valence-corrected chi connectivity index (χ3v) is 3.50. The SMILES string of the molecule is CC(Cc1ccccc1F)Nc1cc(Br)c(F)cc1F. The van der Waals surface area contributed by atoms with Crippen molar-refractivity contribution >= 4 is 21.6 Å². The summed E-state index contributed by atoms with van der Waals surface area (Å²) in [4.78, 5) is 0. The molecule has 2 aromatic carbocycles. The lowest BCUT2D eigenvalue weighted by Gasteiger charge is -2.16. The number of halogens is 4. The summed E-state index contributed by atoms with van der Waals surface area (Å²) in [6.07, 6.45) is 0.404. The van der Waals surface area contributed by atoms with Crippen molar-refractivity contribution in [3.8, 4) is 0 Å². The van der Waals surface area contributed by atoms with Crippen LogP contribution in [0.25, 0.3) is 0 Å². The molecule has 0 bridgehead atoms. The van der Waals surface area contributed by atoms with E-state index < -0.39 is 11.6 Å². The van der Waals surface area contributed by atoms with Gasteiger partial charge in [-0.2, -0.15) is 0 Å². The Kier molecular flexibility index (Phi) is 4.70. The van der Waals surface area contributed by atoms with Crippen LogP contribution < -0.4 is 5.32 Å². The monoisotopic (exact) mass is 343 g/mol. The minimum atomic E-state index is -0.675. The Bertz CT molecular complexity index is 616. The first kappa shape index (κ1) is 14.9. The molecule has 0 heterocycles. The lowest BCUT2D eigenvalue weighted by Crippen LogP contribution is -2.19. The van der Waals surface area contributed by atoms with Crippen LogP contribution in [0.1, 0.15) is 12.5 Å². The highest BCUT2D eigenvalue weighted by Gasteiger charge is 2.12. The minimum Gasteiger partial charge on any atom is -0.380 e. The number of rotatable bonds is 4. The Morgan fingerprint density at radius 1 is 1.05 bits per heavy atom. The lowest BCUT2D eigenvalue weighted by atomic mass is 10.1. The van der Waals surface area contributed by atoms with Crippen LogP contribution >= 0.6 is 15.9 Å². The average Bonchev–Trinajstić information content (AvgIpc) is 2.39. The maximum absolute atomic E-state index is 13.6. The van der Waals surface area contributed by atoms with Gasteiger partial charge in [-0.15, -0.1) is 0 Å². The molecule has 0 aliphatic rings. The van der Waals surface area contributed by atoms with Crippen LogP contribution in [0, 0.1) is 17.5 Å².